The number of nitrogen functional groups attached to an aromatic ring is 2. The van der Waals surface area contributed by atoms with Crippen LogP contribution in [-0.2, 0) is 11.2 Å². The molecule has 0 saturated carbocycles. The lowest BCUT2D eigenvalue weighted by Crippen LogP contribution is -2.39. The minimum Gasteiger partial charge on any atom is -0.493 e. The predicted octanol–water partition coefficient (Wildman–Crippen LogP) is 4.23. The van der Waals surface area contributed by atoms with Crippen LogP contribution in [0.1, 0.15) is 54.6 Å². The molecule has 4 N–H and O–H groups in total. The summed E-state index contributed by atoms with van der Waals surface area (Å²) in [6.45, 7) is 6.30. The molecular weight excluding hydrogens is 468 g/mol. The van der Waals surface area contributed by atoms with Gasteiger partial charge < -0.3 is 20.9 Å². The summed E-state index contributed by atoms with van der Waals surface area (Å²) in [6, 6.07) is 11.6. The Hall–Kier alpha value is -4.40. The van der Waals surface area contributed by atoms with Gasteiger partial charge in [0.15, 0.2) is 11.5 Å². The Balaban J connectivity index is 1.68. The number of aromatic nitrogens is 2. The van der Waals surface area contributed by atoms with Crippen molar-refractivity contribution in [2.45, 2.75) is 33.2 Å². The predicted molar refractivity (Wildman–Crippen MR) is 145 cm³/mol. The summed E-state index contributed by atoms with van der Waals surface area (Å²) < 4.78 is 11.2. The molecule has 1 aromatic heterocycles. The van der Waals surface area contributed by atoms with Crippen molar-refractivity contribution in [1.82, 2.24) is 15.0 Å². The third-order valence-electron chi connectivity index (χ3n) is 6.19. The van der Waals surface area contributed by atoms with Gasteiger partial charge in [-0.1, -0.05) is 45.0 Å². The average molecular weight is 501 g/mol. The van der Waals surface area contributed by atoms with E-state index in [4.69, 9.17) is 20.9 Å². The second-order valence-corrected chi connectivity index (χ2v) is 9.89. The molecule has 1 amide bonds. The van der Waals surface area contributed by atoms with Crippen molar-refractivity contribution in [2.24, 2.45) is 10.5 Å². The van der Waals surface area contributed by atoms with Crippen LogP contribution in [0.15, 0.2) is 53.8 Å². The minimum atomic E-state index is -0.242. The van der Waals surface area contributed by atoms with E-state index in [0.29, 0.717) is 29.3 Å². The van der Waals surface area contributed by atoms with E-state index in [1.54, 1.807) is 37.7 Å². The Morgan fingerprint density at radius 3 is 2.57 bits per heavy atom. The van der Waals surface area contributed by atoms with E-state index in [1.807, 2.05) is 36.4 Å². The molecule has 9 heteroatoms. The van der Waals surface area contributed by atoms with Gasteiger partial charge >= 0.3 is 0 Å². The minimum absolute atomic E-state index is 0.118. The third kappa shape index (κ3) is 5.40. The van der Waals surface area contributed by atoms with E-state index in [0.717, 1.165) is 22.3 Å². The fraction of sp³-hybridized carbons (Fsp3) is 0.286. The summed E-state index contributed by atoms with van der Waals surface area (Å²) in [5.41, 5.74) is 15.8. The monoisotopic (exact) mass is 500 g/mol. The van der Waals surface area contributed by atoms with Crippen LogP contribution < -0.4 is 20.9 Å². The molecule has 1 atom stereocenters. The number of carbonyl (C=O) groups is 1. The molecule has 0 aliphatic carbocycles. The van der Waals surface area contributed by atoms with Gasteiger partial charge in [-0.3, -0.25) is 4.79 Å². The van der Waals surface area contributed by atoms with E-state index in [-0.39, 0.29) is 23.3 Å². The quantitative estimate of drug-likeness (QED) is 0.485. The van der Waals surface area contributed by atoms with Crippen molar-refractivity contribution < 1.29 is 14.3 Å². The number of methoxy groups -OCH3 is 2. The summed E-state index contributed by atoms with van der Waals surface area (Å²) >= 11 is 0. The van der Waals surface area contributed by atoms with E-state index >= 15 is 0 Å². The van der Waals surface area contributed by atoms with Gasteiger partial charge in [0.1, 0.15) is 5.82 Å². The highest BCUT2D eigenvalue weighted by atomic mass is 16.5. The highest BCUT2D eigenvalue weighted by Crippen LogP contribution is 2.41. The summed E-state index contributed by atoms with van der Waals surface area (Å²) in [4.78, 5) is 21.5. The summed E-state index contributed by atoms with van der Waals surface area (Å²) in [7, 11) is 3.12. The molecule has 1 unspecified atom stereocenters. The number of benzene rings is 2. The Morgan fingerprint density at radius 1 is 1.14 bits per heavy atom. The molecule has 0 radical (unpaired) electrons. The average Bonchev–Trinajstić information content (AvgIpc) is 2.87. The first kappa shape index (κ1) is 25.7. The normalized spacial score (nSPS) is 15.1. The number of hydrazone groups is 1. The lowest BCUT2D eigenvalue weighted by Gasteiger charge is -2.39. The van der Waals surface area contributed by atoms with Crippen LogP contribution in [0.25, 0.3) is 6.08 Å². The lowest BCUT2D eigenvalue weighted by atomic mass is 9.79. The van der Waals surface area contributed by atoms with Crippen LogP contribution in [0, 0.1) is 5.41 Å². The molecule has 2 aromatic carbocycles. The molecule has 0 saturated heterocycles. The van der Waals surface area contributed by atoms with Crippen LogP contribution in [0.3, 0.4) is 0 Å². The summed E-state index contributed by atoms with van der Waals surface area (Å²) in [5.74, 6) is 1.22. The number of carbonyl (C=O) groups excluding carboxylic acids is 1. The number of rotatable bonds is 6. The van der Waals surface area contributed by atoms with E-state index in [2.05, 4.69) is 35.8 Å². The Bertz CT molecular complexity index is 1380. The fourth-order valence-electron chi connectivity index (χ4n) is 4.52. The number of fused-ring (bicyclic) bond motifs is 1. The van der Waals surface area contributed by atoms with Crippen LogP contribution in [-0.4, -0.2) is 41.3 Å². The zero-order chi connectivity index (χ0) is 26.7. The maximum absolute atomic E-state index is 13.5. The van der Waals surface area contributed by atoms with Gasteiger partial charge in [0.25, 0.3) is 5.91 Å². The van der Waals surface area contributed by atoms with Crippen molar-refractivity contribution in [3.8, 4) is 11.5 Å². The molecule has 2 heterocycles. The second-order valence-electron chi connectivity index (χ2n) is 9.89. The number of anilines is 2. The molecule has 0 fully saturated rings. The van der Waals surface area contributed by atoms with Crippen LogP contribution in [0.4, 0.5) is 11.8 Å². The number of nitrogens with two attached hydrogens (primary N) is 2. The maximum atomic E-state index is 13.5. The molecule has 37 heavy (non-hydrogen) atoms. The molecule has 1 aliphatic rings. The van der Waals surface area contributed by atoms with Gasteiger partial charge in [-0.25, -0.2) is 9.99 Å². The molecule has 4 rings (SSSR count). The van der Waals surface area contributed by atoms with Crippen LogP contribution in [0.5, 0.6) is 11.5 Å². The standard InChI is InChI=1S/C28H32N6O3/c1-28(2,3)25-21-9-7-6-8-19(21)16-32-34(25)23(35)11-10-18-12-17(14-22(36-4)24(18)37-5)13-20-15-31-27(30)33-26(20)29/h6-12,14-16,25H,13H2,1-5H3,(H4,29,30,31,33). The van der Waals surface area contributed by atoms with Crippen LogP contribution in [0.2, 0.25) is 0 Å². The van der Waals surface area contributed by atoms with Gasteiger partial charge in [-0.2, -0.15) is 10.1 Å². The number of ether oxygens (including phenoxy) is 2. The highest BCUT2D eigenvalue weighted by molar-refractivity contribution is 5.95. The first-order chi connectivity index (χ1) is 17.6. The first-order valence-corrected chi connectivity index (χ1v) is 11.9. The highest BCUT2D eigenvalue weighted by Gasteiger charge is 2.37. The van der Waals surface area contributed by atoms with Crippen LogP contribution >= 0.6 is 0 Å². The molecule has 1 aliphatic heterocycles. The van der Waals surface area contributed by atoms with E-state index < -0.39 is 0 Å². The van der Waals surface area contributed by atoms with E-state index in [9.17, 15) is 4.79 Å². The molecule has 0 spiro atoms. The zero-order valence-corrected chi connectivity index (χ0v) is 21.7. The lowest BCUT2D eigenvalue weighted by molar-refractivity contribution is -0.131. The van der Waals surface area contributed by atoms with E-state index in [1.165, 1.54) is 6.08 Å². The molecular formula is C28H32N6O3. The Kier molecular flexibility index (Phi) is 7.15. The van der Waals surface area contributed by atoms with Crippen molar-refractivity contribution in [3.05, 3.63) is 76.5 Å². The summed E-state index contributed by atoms with van der Waals surface area (Å²) in [6.07, 6.45) is 7.00. The maximum Gasteiger partial charge on any atom is 0.267 e. The second kappa shape index (κ2) is 10.3. The number of nitrogens with zero attached hydrogens (tertiary/aromatic N) is 4. The Morgan fingerprint density at radius 2 is 1.89 bits per heavy atom. The molecule has 192 valence electrons. The molecule has 9 nitrogen and oxygen atoms in total. The smallest absolute Gasteiger partial charge is 0.267 e. The number of hydrogen-bond donors (Lipinski definition) is 2. The molecule has 0 bridgehead atoms. The Labute approximate surface area is 216 Å². The van der Waals surface area contributed by atoms with Gasteiger partial charge in [0.2, 0.25) is 5.95 Å². The zero-order valence-electron chi connectivity index (χ0n) is 21.7. The third-order valence-corrected chi connectivity index (χ3v) is 6.19. The van der Waals surface area contributed by atoms with Gasteiger partial charge in [0, 0.05) is 29.8 Å². The van der Waals surface area contributed by atoms with Crippen molar-refractivity contribution in [3.63, 3.8) is 0 Å². The van der Waals surface area contributed by atoms with Gasteiger partial charge in [-0.15, -0.1) is 0 Å². The van der Waals surface area contributed by atoms with Crippen molar-refractivity contribution in [2.75, 3.05) is 25.7 Å². The first-order valence-electron chi connectivity index (χ1n) is 11.9. The fourth-order valence-corrected chi connectivity index (χ4v) is 4.52. The number of amides is 1. The van der Waals surface area contributed by atoms with Gasteiger partial charge in [0.05, 0.1) is 26.5 Å². The summed E-state index contributed by atoms with van der Waals surface area (Å²) in [5, 5.41) is 6.05. The molecule has 3 aromatic rings. The largest absolute Gasteiger partial charge is 0.493 e. The van der Waals surface area contributed by atoms with Gasteiger partial charge in [-0.05, 0) is 40.3 Å². The topological polar surface area (TPSA) is 129 Å². The number of hydrogen-bond acceptors (Lipinski definition) is 8. The van der Waals surface area contributed by atoms with Crippen molar-refractivity contribution >= 4 is 30.0 Å². The van der Waals surface area contributed by atoms with Crippen molar-refractivity contribution in [1.29, 1.82) is 0 Å². The SMILES string of the molecule is COc1cc(Cc2cnc(N)nc2N)cc(C=CC(=O)N2N=Cc3ccccc3C2C(C)(C)C)c1OC.